The molecule has 1 N–H and O–H groups in total. The Balaban J connectivity index is 1.68. The van der Waals surface area contributed by atoms with Gasteiger partial charge >= 0.3 is 0 Å². The maximum atomic E-state index is 13.8. The van der Waals surface area contributed by atoms with Gasteiger partial charge in [0.1, 0.15) is 17.8 Å². The minimum absolute atomic E-state index is 0.0958. The number of amides is 2. The van der Waals surface area contributed by atoms with Gasteiger partial charge in [-0.05, 0) is 48.2 Å². The van der Waals surface area contributed by atoms with Crippen molar-refractivity contribution in [1.82, 2.24) is 25.2 Å². The van der Waals surface area contributed by atoms with Gasteiger partial charge in [-0.15, -0.1) is 5.10 Å². The summed E-state index contributed by atoms with van der Waals surface area (Å²) in [5.74, 6) is 0.167. The summed E-state index contributed by atoms with van der Waals surface area (Å²) in [6.07, 6.45) is 2.31. The number of fused-ring (bicyclic) bond motifs is 1. The third kappa shape index (κ3) is 5.89. The molecule has 0 aliphatic heterocycles. The van der Waals surface area contributed by atoms with Crippen LogP contribution >= 0.6 is 11.6 Å². The fourth-order valence-corrected chi connectivity index (χ4v) is 4.03. The zero-order valence-electron chi connectivity index (χ0n) is 19.7. The van der Waals surface area contributed by atoms with Crippen molar-refractivity contribution in [3.8, 4) is 0 Å². The van der Waals surface area contributed by atoms with Crippen LogP contribution in [0.3, 0.4) is 0 Å². The Morgan fingerprint density at radius 3 is 2.60 bits per heavy atom. The molecule has 0 spiro atoms. The molecular weight excluding hydrogens is 466 g/mol. The van der Waals surface area contributed by atoms with E-state index in [1.165, 1.54) is 15.8 Å². The van der Waals surface area contributed by atoms with Gasteiger partial charge in [-0.2, -0.15) is 0 Å². The van der Waals surface area contributed by atoms with Gasteiger partial charge < -0.3 is 14.6 Å². The Hall–Kier alpha value is -3.65. The molecular formula is C26H28ClN5O3. The second-order valence-corrected chi connectivity index (χ2v) is 9.15. The predicted molar refractivity (Wildman–Crippen MR) is 133 cm³/mol. The molecule has 0 unspecified atom stereocenters. The second-order valence-electron chi connectivity index (χ2n) is 8.74. The van der Waals surface area contributed by atoms with E-state index >= 15 is 0 Å². The number of rotatable bonds is 10. The lowest BCUT2D eigenvalue weighted by Crippen LogP contribution is -2.44. The van der Waals surface area contributed by atoms with Crippen LogP contribution in [0, 0.1) is 5.92 Å². The largest absolute Gasteiger partial charge is 0.467 e. The third-order valence-corrected chi connectivity index (χ3v) is 6.09. The van der Waals surface area contributed by atoms with Gasteiger partial charge in [0.15, 0.2) is 6.04 Å². The summed E-state index contributed by atoms with van der Waals surface area (Å²) >= 11 is 6.43. The highest BCUT2D eigenvalue weighted by Crippen LogP contribution is 2.27. The molecule has 8 nitrogen and oxygen atoms in total. The number of hydrogen-bond acceptors (Lipinski definition) is 5. The molecule has 2 aromatic carbocycles. The van der Waals surface area contributed by atoms with Crippen molar-refractivity contribution in [2.45, 2.75) is 39.4 Å². The van der Waals surface area contributed by atoms with Crippen molar-refractivity contribution in [3.05, 3.63) is 83.3 Å². The smallest absolute Gasteiger partial charge is 0.250 e. The van der Waals surface area contributed by atoms with Crippen molar-refractivity contribution in [2.75, 3.05) is 6.54 Å². The minimum Gasteiger partial charge on any atom is -0.467 e. The van der Waals surface area contributed by atoms with Gasteiger partial charge in [-0.3, -0.25) is 9.59 Å². The molecule has 0 aliphatic carbocycles. The van der Waals surface area contributed by atoms with Crippen LogP contribution in [0.15, 0.2) is 71.3 Å². The molecule has 35 heavy (non-hydrogen) atoms. The molecule has 0 fully saturated rings. The number of hydrogen-bond donors (Lipinski definition) is 1. The number of carbonyl (C=O) groups is 2. The van der Waals surface area contributed by atoms with Crippen LogP contribution < -0.4 is 5.32 Å². The van der Waals surface area contributed by atoms with Crippen LogP contribution in [-0.2, 0) is 22.7 Å². The molecule has 0 saturated carbocycles. The fraction of sp³-hybridized carbons (Fsp3) is 0.308. The highest BCUT2D eigenvalue weighted by molar-refractivity contribution is 6.31. The standard InChI is InChI=1S/C26H28ClN5O3/c1-18(2)13-14-28-26(34)25(23-12-7-15-35-23)31(16-19-8-3-4-9-20(19)27)24(33)17-32-22-11-6-5-10-21(22)29-30-32/h3-12,15,18,25H,13-14,16-17H2,1-2H3,(H,28,34)/t25-/m0/s1. The number of furan rings is 1. The van der Waals surface area contributed by atoms with Crippen LogP contribution in [0.2, 0.25) is 5.02 Å². The number of nitrogens with zero attached hydrogens (tertiary/aromatic N) is 4. The molecule has 2 amide bonds. The lowest BCUT2D eigenvalue weighted by Gasteiger charge is -2.30. The van der Waals surface area contributed by atoms with Gasteiger partial charge in [-0.25, -0.2) is 4.68 Å². The SMILES string of the molecule is CC(C)CCNC(=O)[C@H](c1ccco1)N(Cc1ccccc1Cl)C(=O)Cn1nnc2ccccc21. The van der Waals surface area contributed by atoms with E-state index in [4.69, 9.17) is 16.0 Å². The molecule has 0 bridgehead atoms. The predicted octanol–water partition coefficient (Wildman–Crippen LogP) is 4.61. The van der Waals surface area contributed by atoms with Gasteiger partial charge in [0.2, 0.25) is 5.91 Å². The van der Waals surface area contributed by atoms with Crippen LogP contribution in [0.5, 0.6) is 0 Å². The first-order chi connectivity index (χ1) is 16.9. The van der Waals surface area contributed by atoms with E-state index in [1.54, 1.807) is 18.2 Å². The molecule has 0 saturated heterocycles. The number of benzene rings is 2. The number of aromatic nitrogens is 3. The van der Waals surface area contributed by atoms with Gasteiger partial charge in [0.05, 0.1) is 11.8 Å². The summed E-state index contributed by atoms with van der Waals surface area (Å²) in [7, 11) is 0. The molecule has 4 aromatic rings. The van der Waals surface area contributed by atoms with E-state index in [1.807, 2.05) is 42.5 Å². The summed E-state index contributed by atoms with van der Waals surface area (Å²) in [4.78, 5) is 28.7. The van der Waals surface area contributed by atoms with Crippen LogP contribution in [0.25, 0.3) is 11.0 Å². The highest BCUT2D eigenvalue weighted by Gasteiger charge is 2.34. The molecule has 182 valence electrons. The molecule has 4 rings (SSSR count). The van der Waals surface area contributed by atoms with Crippen molar-refractivity contribution in [1.29, 1.82) is 0 Å². The third-order valence-electron chi connectivity index (χ3n) is 5.72. The molecule has 2 aromatic heterocycles. The number of halogens is 1. The number of carbonyl (C=O) groups excluding carboxylic acids is 2. The molecule has 0 radical (unpaired) electrons. The van der Waals surface area contributed by atoms with Crippen molar-refractivity contribution in [3.63, 3.8) is 0 Å². The quantitative estimate of drug-likeness (QED) is 0.348. The first kappa shape index (κ1) is 24.5. The maximum absolute atomic E-state index is 13.8. The Morgan fingerprint density at radius 2 is 1.86 bits per heavy atom. The molecule has 1 atom stereocenters. The summed E-state index contributed by atoms with van der Waals surface area (Å²) in [5.41, 5.74) is 2.14. The average Bonchev–Trinajstić information content (AvgIpc) is 3.50. The van der Waals surface area contributed by atoms with Crippen molar-refractivity contribution >= 4 is 34.4 Å². The summed E-state index contributed by atoms with van der Waals surface area (Å²) in [6.45, 7) is 4.70. The second kappa shape index (κ2) is 11.2. The van der Waals surface area contributed by atoms with Gasteiger partial charge in [-0.1, -0.05) is 61.0 Å². The molecule has 2 heterocycles. The first-order valence-electron chi connectivity index (χ1n) is 11.6. The number of para-hydroxylation sites is 1. The first-order valence-corrected chi connectivity index (χ1v) is 11.9. The van der Waals surface area contributed by atoms with E-state index < -0.39 is 6.04 Å². The van der Waals surface area contributed by atoms with E-state index in [-0.39, 0.29) is 24.9 Å². The average molecular weight is 494 g/mol. The summed E-state index contributed by atoms with van der Waals surface area (Å²) in [5, 5.41) is 11.8. The fourth-order valence-electron chi connectivity index (χ4n) is 3.84. The maximum Gasteiger partial charge on any atom is 0.250 e. The Morgan fingerprint density at radius 1 is 1.09 bits per heavy atom. The minimum atomic E-state index is -0.976. The van der Waals surface area contributed by atoms with Crippen LogP contribution in [0.4, 0.5) is 0 Å². The van der Waals surface area contributed by atoms with Crippen molar-refractivity contribution in [2.24, 2.45) is 5.92 Å². The highest BCUT2D eigenvalue weighted by atomic mass is 35.5. The van der Waals surface area contributed by atoms with E-state index in [9.17, 15) is 9.59 Å². The molecule has 0 aliphatic rings. The number of nitrogens with one attached hydrogen (secondary N) is 1. The van der Waals surface area contributed by atoms with Gasteiger partial charge in [0, 0.05) is 18.1 Å². The Labute approximate surface area is 208 Å². The topological polar surface area (TPSA) is 93.3 Å². The van der Waals surface area contributed by atoms with Crippen LogP contribution in [0.1, 0.15) is 37.6 Å². The lowest BCUT2D eigenvalue weighted by molar-refractivity contribution is -0.143. The monoisotopic (exact) mass is 493 g/mol. The van der Waals surface area contributed by atoms with Crippen molar-refractivity contribution < 1.29 is 14.0 Å². The summed E-state index contributed by atoms with van der Waals surface area (Å²) in [6, 6.07) is 17.1. The van der Waals surface area contributed by atoms with E-state index in [0.29, 0.717) is 28.8 Å². The van der Waals surface area contributed by atoms with Crippen LogP contribution in [-0.4, -0.2) is 38.3 Å². The Bertz CT molecular complexity index is 1290. The van der Waals surface area contributed by atoms with E-state index in [0.717, 1.165) is 17.5 Å². The molecule has 9 heteroatoms. The zero-order chi connectivity index (χ0) is 24.8. The lowest BCUT2D eigenvalue weighted by atomic mass is 10.1. The summed E-state index contributed by atoms with van der Waals surface area (Å²) < 4.78 is 7.16. The Kier molecular flexibility index (Phi) is 7.82. The zero-order valence-corrected chi connectivity index (χ0v) is 20.5. The van der Waals surface area contributed by atoms with Gasteiger partial charge in [0.25, 0.3) is 5.91 Å². The van der Waals surface area contributed by atoms with E-state index in [2.05, 4.69) is 29.5 Å². The normalized spacial score (nSPS) is 12.1.